The zero-order valence-corrected chi connectivity index (χ0v) is 9.89. The van der Waals surface area contributed by atoms with Gasteiger partial charge in [-0.15, -0.1) is 0 Å². The van der Waals surface area contributed by atoms with E-state index in [1.807, 2.05) is 17.8 Å². The highest BCUT2D eigenvalue weighted by Crippen LogP contribution is 2.31. The van der Waals surface area contributed by atoms with E-state index in [9.17, 15) is 5.11 Å². The van der Waals surface area contributed by atoms with Crippen molar-refractivity contribution < 1.29 is 5.11 Å². The highest BCUT2D eigenvalue weighted by Gasteiger charge is 2.31. The molecule has 3 N–H and O–H groups in total. The van der Waals surface area contributed by atoms with Gasteiger partial charge in [0.05, 0.1) is 5.60 Å². The molecule has 1 heterocycles. The normalized spacial score (nSPS) is 30.6. The van der Waals surface area contributed by atoms with Crippen LogP contribution in [0.25, 0.3) is 0 Å². The van der Waals surface area contributed by atoms with Gasteiger partial charge in [-0.05, 0) is 44.6 Å². The van der Waals surface area contributed by atoms with Crippen LogP contribution in [0.1, 0.15) is 37.8 Å². The lowest BCUT2D eigenvalue weighted by atomic mass is 9.79. The van der Waals surface area contributed by atoms with Gasteiger partial charge in [0.2, 0.25) is 0 Å². The van der Waals surface area contributed by atoms with Crippen LogP contribution in [0.3, 0.4) is 0 Å². The third kappa shape index (κ3) is 2.62. The zero-order chi connectivity index (χ0) is 11.6. The predicted octanol–water partition coefficient (Wildman–Crippen LogP) is 0.985. The molecule has 0 spiro atoms. The topological polar surface area (TPSA) is 64.1 Å². The summed E-state index contributed by atoms with van der Waals surface area (Å²) >= 11 is 0. The molecule has 0 aromatic carbocycles. The quantitative estimate of drug-likeness (QED) is 0.803. The van der Waals surface area contributed by atoms with Crippen molar-refractivity contribution in [2.45, 2.75) is 50.2 Å². The largest absolute Gasteiger partial charge is 0.390 e. The predicted molar refractivity (Wildman–Crippen MR) is 62.9 cm³/mol. The number of nitrogens with two attached hydrogens (primary N) is 1. The molecule has 0 radical (unpaired) electrons. The van der Waals surface area contributed by atoms with Crippen molar-refractivity contribution in [3.05, 3.63) is 18.0 Å². The Labute approximate surface area is 96.5 Å². The van der Waals surface area contributed by atoms with E-state index in [0.29, 0.717) is 0 Å². The molecule has 0 unspecified atom stereocenters. The summed E-state index contributed by atoms with van der Waals surface area (Å²) in [4.78, 5) is 0. The fourth-order valence-corrected chi connectivity index (χ4v) is 2.43. The first-order valence-electron chi connectivity index (χ1n) is 6.04. The van der Waals surface area contributed by atoms with E-state index in [2.05, 4.69) is 5.10 Å². The van der Waals surface area contributed by atoms with Gasteiger partial charge in [0.1, 0.15) is 0 Å². The van der Waals surface area contributed by atoms with Gasteiger partial charge in [-0.1, -0.05) is 0 Å². The van der Waals surface area contributed by atoms with Crippen molar-refractivity contribution in [2.24, 2.45) is 12.8 Å². The molecule has 0 saturated heterocycles. The van der Waals surface area contributed by atoms with Crippen molar-refractivity contribution in [2.75, 3.05) is 0 Å². The lowest BCUT2D eigenvalue weighted by Crippen LogP contribution is -2.39. The van der Waals surface area contributed by atoms with E-state index >= 15 is 0 Å². The van der Waals surface area contributed by atoms with Crippen LogP contribution in [-0.4, -0.2) is 26.5 Å². The van der Waals surface area contributed by atoms with E-state index in [1.54, 1.807) is 6.20 Å². The van der Waals surface area contributed by atoms with Gasteiger partial charge < -0.3 is 10.8 Å². The average Bonchev–Trinajstić information content (AvgIpc) is 2.67. The van der Waals surface area contributed by atoms with E-state index in [0.717, 1.165) is 38.5 Å². The van der Waals surface area contributed by atoms with Crippen molar-refractivity contribution in [1.29, 1.82) is 0 Å². The molecule has 16 heavy (non-hydrogen) atoms. The third-order valence-corrected chi connectivity index (χ3v) is 3.73. The van der Waals surface area contributed by atoms with Crippen molar-refractivity contribution in [1.82, 2.24) is 9.78 Å². The first-order chi connectivity index (χ1) is 7.59. The van der Waals surface area contributed by atoms with Gasteiger partial charge in [-0.3, -0.25) is 4.68 Å². The zero-order valence-electron chi connectivity index (χ0n) is 9.89. The minimum absolute atomic E-state index is 0.289. The van der Waals surface area contributed by atoms with Gasteiger partial charge in [-0.25, -0.2) is 0 Å². The summed E-state index contributed by atoms with van der Waals surface area (Å²) in [6.07, 6.45) is 7.08. The fourth-order valence-electron chi connectivity index (χ4n) is 2.43. The van der Waals surface area contributed by atoms with Gasteiger partial charge in [0.15, 0.2) is 0 Å². The van der Waals surface area contributed by atoms with E-state index in [-0.39, 0.29) is 6.04 Å². The number of aliphatic hydroxyl groups is 1. The van der Waals surface area contributed by atoms with Crippen LogP contribution in [0.15, 0.2) is 12.3 Å². The van der Waals surface area contributed by atoms with Crippen molar-refractivity contribution >= 4 is 0 Å². The number of nitrogens with zero attached hydrogens (tertiary/aromatic N) is 2. The second-order valence-electron chi connectivity index (χ2n) is 5.01. The summed E-state index contributed by atoms with van der Waals surface area (Å²) in [6, 6.07) is 2.30. The number of hydrogen-bond acceptors (Lipinski definition) is 3. The number of hydrogen-bond donors (Lipinski definition) is 2. The van der Waals surface area contributed by atoms with Gasteiger partial charge >= 0.3 is 0 Å². The summed E-state index contributed by atoms with van der Waals surface area (Å²) in [5.41, 5.74) is 6.53. The smallest absolute Gasteiger partial charge is 0.0652 e. The van der Waals surface area contributed by atoms with E-state index < -0.39 is 5.60 Å². The van der Waals surface area contributed by atoms with Crippen LogP contribution < -0.4 is 5.73 Å². The second kappa shape index (κ2) is 4.55. The Morgan fingerprint density at radius 2 is 2.25 bits per heavy atom. The Morgan fingerprint density at radius 1 is 1.56 bits per heavy atom. The number of rotatable bonds is 3. The molecule has 1 aromatic rings. The first kappa shape index (κ1) is 11.6. The van der Waals surface area contributed by atoms with E-state index in [1.165, 1.54) is 5.69 Å². The molecule has 1 aliphatic rings. The maximum Gasteiger partial charge on any atom is 0.0652 e. The number of aromatic nitrogens is 2. The van der Waals surface area contributed by atoms with Gasteiger partial charge in [0, 0.05) is 25.0 Å². The summed E-state index contributed by atoms with van der Waals surface area (Å²) in [5, 5.41) is 14.5. The monoisotopic (exact) mass is 223 g/mol. The second-order valence-corrected chi connectivity index (χ2v) is 5.01. The number of aryl methyl sites for hydroxylation is 2. The molecule has 1 aliphatic carbocycles. The summed E-state index contributed by atoms with van der Waals surface area (Å²) in [5.74, 6) is 0. The Balaban J connectivity index is 1.88. The molecule has 1 aromatic heterocycles. The summed E-state index contributed by atoms with van der Waals surface area (Å²) < 4.78 is 1.87. The molecule has 1 saturated carbocycles. The minimum atomic E-state index is -0.500. The molecule has 0 bridgehead atoms. The Kier molecular flexibility index (Phi) is 3.30. The Hall–Kier alpha value is -0.870. The van der Waals surface area contributed by atoms with Gasteiger partial charge in [0.25, 0.3) is 0 Å². The maximum absolute atomic E-state index is 10.4. The van der Waals surface area contributed by atoms with Crippen LogP contribution in [0.2, 0.25) is 0 Å². The summed E-state index contributed by atoms with van der Waals surface area (Å²) in [7, 11) is 1.94. The third-order valence-electron chi connectivity index (χ3n) is 3.73. The van der Waals surface area contributed by atoms with Crippen molar-refractivity contribution in [3.8, 4) is 0 Å². The van der Waals surface area contributed by atoms with Crippen LogP contribution in [0.4, 0.5) is 0 Å². The molecule has 2 rings (SSSR count). The Morgan fingerprint density at radius 3 is 2.81 bits per heavy atom. The lowest BCUT2D eigenvalue weighted by Gasteiger charge is -2.34. The molecule has 0 atom stereocenters. The van der Waals surface area contributed by atoms with Crippen LogP contribution >= 0.6 is 0 Å². The Bertz CT molecular complexity index is 340. The molecule has 1 fully saturated rings. The average molecular weight is 223 g/mol. The SMILES string of the molecule is Cn1nccc1CCC1(O)CCC(N)CC1. The first-order valence-corrected chi connectivity index (χ1v) is 6.04. The molecule has 4 heteroatoms. The fraction of sp³-hybridized carbons (Fsp3) is 0.750. The van der Waals surface area contributed by atoms with Crippen molar-refractivity contribution in [3.63, 3.8) is 0 Å². The molecule has 4 nitrogen and oxygen atoms in total. The van der Waals surface area contributed by atoms with Crippen LogP contribution in [0.5, 0.6) is 0 Å². The highest BCUT2D eigenvalue weighted by molar-refractivity contribution is 5.02. The maximum atomic E-state index is 10.4. The lowest BCUT2D eigenvalue weighted by molar-refractivity contribution is -0.00785. The van der Waals surface area contributed by atoms with Gasteiger partial charge in [-0.2, -0.15) is 5.10 Å². The minimum Gasteiger partial charge on any atom is -0.390 e. The molecule has 0 aliphatic heterocycles. The summed E-state index contributed by atoms with van der Waals surface area (Å²) in [6.45, 7) is 0. The molecule has 0 amide bonds. The van der Waals surface area contributed by atoms with Crippen LogP contribution in [0, 0.1) is 0 Å². The standard InChI is InChI=1S/C12H21N3O/c1-15-11(5-9-14-15)4-8-12(16)6-2-10(13)3-7-12/h5,9-10,16H,2-4,6-8,13H2,1H3. The molecular weight excluding hydrogens is 202 g/mol. The van der Waals surface area contributed by atoms with Crippen LogP contribution in [-0.2, 0) is 13.5 Å². The molecular formula is C12H21N3O. The molecule has 90 valence electrons. The van der Waals surface area contributed by atoms with E-state index in [4.69, 9.17) is 5.73 Å². The highest BCUT2D eigenvalue weighted by atomic mass is 16.3.